The molecule has 3 aromatic rings. The summed E-state index contributed by atoms with van der Waals surface area (Å²) in [6, 6.07) is 20.4. The van der Waals surface area contributed by atoms with E-state index in [0.717, 1.165) is 67.4 Å². The fourth-order valence-corrected chi connectivity index (χ4v) is 6.65. The predicted molar refractivity (Wildman–Crippen MR) is 161 cm³/mol. The monoisotopic (exact) mass is 550 g/mol. The number of hydrogen-bond donors (Lipinski definition) is 1. The number of nitrogens with zero attached hydrogens (tertiary/aromatic N) is 1. The molecule has 2 aliphatic heterocycles. The van der Waals surface area contributed by atoms with Crippen molar-refractivity contribution in [2.24, 2.45) is 5.92 Å². The molecule has 6 nitrogen and oxygen atoms in total. The number of likely N-dealkylation sites (N-methyl/N-ethyl adjacent to an activating group) is 1. The molecule has 0 spiro atoms. The van der Waals surface area contributed by atoms with E-state index in [4.69, 9.17) is 9.47 Å². The normalized spacial score (nSPS) is 23.4. The first-order valence-corrected chi connectivity index (χ1v) is 14.7. The number of benzene rings is 3. The summed E-state index contributed by atoms with van der Waals surface area (Å²) in [5, 5.41) is 3.15. The highest BCUT2D eigenvalue weighted by Gasteiger charge is 2.38. The Morgan fingerprint density at radius 1 is 1.05 bits per heavy atom. The minimum Gasteiger partial charge on any atom is -0.486 e. The van der Waals surface area contributed by atoms with Crippen molar-refractivity contribution >= 4 is 12.2 Å². The highest BCUT2D eigenvalue weighted by Crippen LogP contribution is 2.39. The Morgan fingerprint density at radius 3 is 2.54 bits per heavy atom. The molecular weight excluding hydrogens is 512 g/mol. The van der Waals surface area contributed by atoms with E-state index in [1.165, 1.54) is 11.1 Å². The molecule has 0 fully saturated rings. The Labute approximate surface area is 242 Å². The number of fused-ring (bicyclic) bond motifs is 4. The van der Waals surface area contributed by atoms with Crippen LogP contribution in [0.3, 0.4) is 0 Å². The first-order valence-electron chi connectivity index (χ1n) is 14.7. The van der Waals surface area contributed by atoms with Crippen molar-refractivity contribution in [2.75, 3.05) is 27.2 Å². The van der Waals surface area contributed by atoms with Crippen LogP contribution in [0, 0.1) is 5.92 Å². The van der Waals surface area contributed by atoms with Crippen molar-refractivity contribution in [2.45, 2.75) is 50.4 Å². The summed E-state index contributed by atoms with van der Waals surface area (Å²) < 4.78 is 12.5. The fourth-order valence-electron chi connectivity index (χ4n) is 6.65. The van der Waals surface area contributed by atoms with Crippen LogP contribution in [0.15, 0.2) is 72.8 Å². The van der Waals surface area contributed by atoms with E-state index in [1.54, 1.807) is 7.11 Å². The SMILES string of the molecule is COC1C=CC2CC1Oc1c(C(=O)NCCc3ccc(-c4ccc(C=O)cc4)cc3)ccc3c1CCCN(C)C2C3. The Kier molecular flexibility index (Phi) is 8.04. The highest BCUT2D eigenvalue weighted by molar-refractivity contribution is 5.97. The van der Waals surface area contributed by atoms with E-state index in [0.29, 0.717) is 29.6 Å². The lowest BCUT2D eigenvalue weighted by Crippen LogP contribution is -2.45. The van der Waals surface area contributed by atoms with Gasteiger partial charge in [-0.05, 0) is 85.5 Å². The Hall–Kier alpha value is -3.74. The lowest BCUT2D eigenvalue weighted by atomic mass is 9.81. The summed E-state index contributed by atoms with van der Waals surface area (Å²) in [4.78, 5) is 27.0. The summed E-state index contributed by atoms with van der Waals surface area (Å²) in [6.45, 7) is 1.57. The maximum absolute atomic E-state index is 13.6. The minimum atomic E-state index is -0.130. The summed E-state index contributed by atoms with van der Waals surface area (Å²) in [6.07, 6.45) is 9.55. The van der Waals surface area contributed by atoms with E-state index in [-0.39, 0.29) is 18.1 Å². The number of rotatable bonds is 7. The van der Waals surface area contributed by atoms with Crippen LogP contribution in [0.4, 0.5) is 0 Å². The average Bonchev–Trinajstić information content (AvgIpc) is 3.01. The van der Waals surface area contributed by atoms with E-state index >= 15 is 0 Å². The van der Waals surface area contributed by atoms with Gasteiger partial charge in [-0.25, -0.2) is 0 Å². The number of aldehydes is 1. The van der Waals surface area contributed by atoms with Gasteiger partial charge in [0.05, 0.1) is 5.56 Å². The smallest absolute Gasteiger partial charge is 0.255 e. The number of carbonyl (C=O) groups is 2. The van der Waals surface area contributed by atoms with Crippen LogP contribution in [0.2, 0.25) is 0 Å². The molecule has 0 radical (unpaired) electrons. The molecule has 6 rings (SSSR count). The second-order valence-electron chi connectivity index (χ2n) is 11.5. The molecule has 4 atom stereocenters. The standard InChI is InChI=1S/C35H38N2O4/c1-37-19-3-4-29-27-13-15-30(34(29)41-33-21-28(31(37)20-27)14-16-32(33)40-2)35(39)36-18-17-23-5-9-25(10-6-23)26-11-7-24(22-38)8-12-26/h5-16,22,28,31-33H,3-4,17-21H2,1-2H3,(H,36,39). The van der Waals surface area contributed by atoms with Gasteiger partial charge in [-0.2, -0.15) is 0 Å². The van der Waals surface area contributed by atoms with E-state index in [1.807, 2.05) is 30.3 Å². The summed E-state index contributed by atoms with van der Waals surface area (Å²) >= 11 is 0. The fraction of sp³-hybridized carbons (Fsp3) is 0.371. The third kappa shape index (κ3) is 5.72. The van der Waals surface area contributed by atoms with E-state index in [9.17, 15) is 9.59 Å². The number of hydrogen-bond acceptors (Lipinski definition) is 5. The van der Waals surface area contributed by atoms with Crippen LogP contribution in [-0.4, -0.2) is 62.6 Å². The van der Waals surface area contributed by atoms with E-state index in [2.05, 4.69) is 59.7 Å². The van der Waals surface area contributed by atoms with Crippen molar-refractivity contribution in [3.8, 4) is 16.9 Å². The number of ether oxygens (including phenoxy) is 2. The van der Waals surface area contributed by atoms with Crippen LogP contribution in [0.25, 0.3) is 11.1 Å². The van der Waals surface area contributed by atoms with E-state index < -0.39 is 0 Å². The van der Waals surface area contributed by atoms with Crippen LogP contribution in [-0.2, 0) is 24.0 Å². The van der Waals surface area contributed by atoms with Crippen LogP contribution >= 0.6 is 0 Å². The quantitative estimate of drug-likeness (QED) is 0.320. The Morgan fingerprint density at radius 2 is 1.80 bits per heavy atom. The van der Waals surface area contributed by atoms with Crippen molar-refractivity contribution in [3.05, 3.63) is 101 Å². The summed E-state index contributed by atoms with van der Waals surface area (Å²) in [5.74, 6) is 1.04. The third-order valence-corrected chi connectivity index (χ3v) is 9.02. The number of amides is 1. The Bertz CT molecular complexity index is 1430. The van der Waals surface area contributed by atoms with Gasteiger partial charge in [-0.15, -0.1) is 0 Å². The molecule has 0 saturated carbocycles. The van der Waals surface area contributed by atoms with Gasteiger partial charge in [0.25, 0.3) is 5.91 Å². The second-order valence-corrected chi connectivity index (χ2v) is 11.5. The van der Waals surface area contributed by atoms with Crippen LogP contribution < -0.4 is 10.1 Å². The number of carbonyl (C=O) groups excluding carboxylic acids is 2. The topological polar surface area (TPSA) is 67.9 Å². The number of nitrogens with one attached hydrogen (secondary N) is 1. The molecule has 0 aromatic heterocycles. The zero-order valence-corrected chi connectivity index (χ0v) is 23.8. The molecular formula is C35H38N2O4. The van der Waals surface area contributed by atoms with Crippen LogP contribution in [0.1, 0.15) is 50.2 Å². The molecule has 3 aliphatic rings. The predicted octanol–water partition coefficient (Wildman–Crippen LogP) is 5.28. The van der Waals surface area contributed by atoms with Crippen LogP contribution in [0.5, 0.6) is 5.75 Å². The highest BCUT2D eigenvalue weighted by atomic mass is 16.5. The minimum absolute atomic E-state index is 0.0958. The van der Waals surface area contributed by atoms with Crippen molar-refractivity contribution in [1.29, 1.82) is 0 Å². The molecule has 212 valence electrons. The molecule has 4 unspecified atom stereocenters. The third-order valence-electron chi connectivity index (χ3n) is 9.02. The molecule has 1 N–H and O–H groups in total. The van der Waals surface area contributed by atoms with Gasteiger partial charge in [0.1, 0.15) is 24.2 Å². The largest absolute Gasteiger partial charge is 0.486 e. The van der Waals surface area contributed by atoms with Gasteiger partial charge < -0.3 is 19.7 Å². The molecule has 6 heteroatoms. The van der Waals surface area contributed by atoms with Gasteiger partial charge in [-0.1, -0.05) is 66.7 Å². The molecule has 6 bridgehead atoms. The molecule has 3 aromatic carbocycles. The number of methoxy groups -OCH3 is 1. The Balaban J connectivity index is 1.18. The van der Waals surface area contributed by atoms with Gasteiger partial charge in [-0.3, -0.25) is 9.59 Å². The first-order chi connectivity index (χ1) is 20.0. The van der Waals surface area contributed by atoms with Crippen molar-refractivity contribution in [3.63, 3.8) is 0 Å². The molecule has 1 aliphatic carbocycles. The molecule has 41 heavy (non-hydrogen) atoms. The zero-order chi connectivity index (χ0) is 28.3. The maximum atomic E-state index is 13.6. The van der Waals surface area contributed by atoms with Gasteiger partial charge in [0.15, 0.2) is 0 Å². The van der Waals surface area contributed by atoms with Gasteiger partial charge >= 0.3 is 0 Å². The first kappa shape index (κ1) is 27.4. The average molecular weight is 551 g/mol. The van der Waals surface area contributed by atoms with Crippen molar-refractivity contribution in [1.82, 2.24) is 10.2 Å². The summed E-state index contributed by atoms with van der Waals surface area (Å²) in [5.41, 5.74) is 7.08. The second kappa shape index (κ2) is 12.0. The summed E-state index contributed by atoms with van der Waals surface area (Å²) in [7, 11) is 3.97. The lowest BCUT2D eigenvalue weighted by Gasteiger charge is -2.38. The molecule has 0 saturated heterocycles. The molecule has 2 heterocycles. The van der Waals surface area contributed by atoms with Gasteiger partial charge in [0.2, 0.25) is 0 Å². The maximum Gasteiger partial charge on any atom is 0.255 e. The van der Waals surface area contributed by atoms with Gasteiger partial charge in [0, 0.05) is 25.3 Å². The molecule has 1 amide bonds. The zero-order valence-electron chi connectivity index (χ0n) is 23.8. The van der Waals surface area contributed by atoms with Crippen molar-refractivity contribution < 1.29 is 19.1 Å². The lowest BCUT2D eigenvalue weighted by molar-refractivity contribution is 0.00800.